The topological polar surface area (TPSA) is 59.0 Å². The summed E-state index contributed by atoms with van der Waals surface area (Å²) in [5, 5.41) is 9.35. The van der Waals surface area contributed by atoms with Crippen LogP contribution < -0.4 is 4.74 Å². The van der Waals surface area contributed by atoms with Crippen LogP contribution in [0.1, 0.15) is 18.9 Å². The van der Waals surface area contributed by atoms with E-state index in [1.54, 1.807) is 12.1 Å². The lowest BCUT2D eigenvalue weighted by atomic mass is 10.1. The van der Waals surface area contributed by atoms with Crippen LogP contribution in [0.25, 0.3) is 0 Å². The van der Waals surface area contributed by atoms with Crippen LogP contribution in [0.5, 0.6) is 5.75 Å². The first-order chi connectivity index (χ1) is 10.0. The van der Waals surface area contributed by atoms with Crippen LogP contribution in [0.4, 0.5) is 0 Å². The van der Waals surface area contributed by atoms with Gasteiger partial charge in [0.05, 0.1) is 6.10 Å². The summed E-state index contributed by atoms with van der Waals surface area (Å²) in [5.74, 6) is -0.424. The minimum absolute atomic E-state index is 0.190. The zero-order valence-electron chi connectivity index (χ0n) is 12.0. The molecular formula is C15H20ClNO4. The molecule has 0 aliphatic carbocycles. The van der Waals surface area contributed by atoms with Crippen LogP contribution in [0.2, 0.25) is 5.02 Å². The van der Waals surface area contributed by atoms with Crippen molar-refractivity contribution in [2.45, 2.75) is 26.0 Å². The quantitative estimate of drug-likeness (QED) is 0.904. The van der Waals surface area contributed by atoms with E-state index in [9.17, 15) is 4.79 Å². The molecule has 0 spiro atoms. The molecule has 1 fully saturated rings. The predicted octanol–water partition coefficient (Wildman–Crippen LogP) is 2.41. The smallest absolute Gasteiger partial charge is 0.341 e. The third kappa shape index (κ3) is 5.19. The third-order valence-electron chi connectivity index (χ3n) is 3.30. The molecule has 5 nitrogen and oxygen atoms in total. The first kappa shape index (κ1) is 16.1. The van der Waals surface area contributed by atoms with Crippen LogP contribution in [0.15, 0.2) is 18.2 Å². The van der Waals surface area contributed by atoms with E-state index in [2.05, 4.69) is 11.8 Å². The monoisotopic (exact) mass is 313 g/mol. The molecule has 1 aromatic carbocycles. The van der Waals surface area contributed by atoms with Gasteiger partial charge in [-0.3, -0.25) is 4.90 Å². The average Bonchev–Trinajstić information content (AvgIpc) is 2.62. The number of ether oxygens (including phenoxy) is 2. The number of hydrogen-bond acceptors (Lipinski definition) is 4. The van der Waals surface area contributed by atoms with Gasteiger partial charge in [-0.15, -0.1) is 0 Å². The number of rotatable bonds is 5. The van der Waals surface area contributed by atoms with Gasteiger partial charge in [-0.2, -0.15) is 0 Å². The van der Waals surface area contributed by atoms with Gasteiger partial charge in [0.15, 0.2) is 6.61 Å². The molecule has 1 aliphatic rings. The summed E-state index contributed by atoms with van der Waals surface area (Å²) < 4.78 is 11.0. The Morgan fingerprint density at radius 3 is 3.14 bits per heavy atom. The Kier molecular flexibility index (Phi) is 5.85. The highest BCUT2D eigenvalue weighted by Crippen LogP contribution is 2.25. The van der Waals surface area contributed by atoms with E-state index in [0.717, 1.165) is 31.7 Å². The molecule has 1 N–H and O–H groups in total. The average molecular weight is 314 g/mol. The zero-order valence-corrected chi connectivity index (χ0v) is 12.8. The Morgan fingerprint density at radius 1 is 1.57 bits per heavy atom. The molecule has 0 radical (unpaired) electrons. The van der Waals surface area contributed by atoms with Gasteiger partial charge < -0.3 is 14.6 Å². The Morgan fingerprint density at radius 2 is 2.38 bits per heavy atom. The molecule has 116 valence electrons. The number of carboxylic acid groups (broad SMARTS) is 1. The molecule has 1 aliphatic heterocycles. The van der Waals surface area contributed by atoms with Gasteiger partial charge in [0.25, 0.3) is 0 Å². The van der Waals surface area contributed by atoms with E-state index in [1.165, 1.54) is 0 Å². The van der Waals surface area contributed by atoms with Crippen LogP contribution in [0, 0.1) is 0 Å². The third-order valence-corrected chi connectivity index (χ3v) is 3.54. The number of carbonyl (C=O) groups is 1. The lowest BCUT2D eigenvalue weighted by Gasteiger charge is -2.23. The lowest BCUT2D eigenvalue weighted by molar-refractivity contribution is -0.139. The molecule has 0 aromatic heterocycles. The number of carboxylic acids is 1. The van der Waals surface area contributed by atoms with Crippen molar-refractivity contribution in [3.8, 4) is 5.75 Å². The fourth-order valence-electron chi connectivity index (χ4n) is 2.42. The molecule has 6 heteroatoms. The van der Waals surface area contributed by atoms with Crippen molar-refractivity contribution in [2.75, 3.05) is 26.3 Å². The van der Waals surface area contributed by atoms with Gasteiger partial charge in [-0.1, -0.05) is 11.6 Å². The number of aliphatic carboxylic acids is 1. The predicted molar refractivity (Wildman–Crippen MR) is 79.9 cm³/mol. The van der Waals surface area contributed by atoms with Crippen molar-refractivity contribution in [3.05, 3.63) is 28.8 Å². The molecule has 0 bridgehead atoms. The molecule has 21 heavy (non-hydrogen) atoms. The van der Waals surface area contributed by atoms with Crippen molar-refractivity contribution in [3.63, 3.8) is 0 Å². The summed E-state index contributed by atoms with van der Waals surface area (Å²) in [6, 6.07) is 5.25. The van der Waals surface area contributed by atoms with Gasteiger partial charge >= 0.3 is 5.97 Å². The van der Waals surface area contributed by atoms with E-state index < -0.39 is 5.97 Å². The van der Waals surface area contributed by atoms with Crippen molar-refractivity contribution in [1.82, 2.24) is 4.90 Å². The minimum atomic E-state index is -0.993. The number of hydrogen-bond donors (Lipinski definition) is 1. The number of benzene rings is 1. The largest absolute Gasteiger partial charge is 0.482 e. The molecule has 1 aromatic rings. The summed E-state index contributed by atoms with van der Waals surface area (Å²) in [6.45, 7) is 4.92. The number of halogens is 1. The normalized spacial score (nSPS) is 20.0. The molecular weight excluding hydrogens is 294 g/mol. The molecule has 0 saturated carbocycles. The lowest BCUT2D eigenvalue weighted by Crippen LogP contribution is -2.30. The van der Waals surface area contributed by atoms with Crippen LogP contribution >= 0.6 is 11.6 Å². The van der Waals surface area contributed by atoms with Crippen molar-refractivity contribution in [1.29, 1.82) is 0 Å². The second-order valence-electron chi connectivity index (χ2n) is 5.20. The maximum absolute atomic E-state index is 10.7. The Bertz CT molecular complexity index is 495. The molecule has 0 unspecified atom stereocenters. The van der Waals surface area contributed by atoms with E-state index in [1.807, 2.05) is 6.07 Å². The van der Waals surface area contributed by atoms with Gasteiger partial charge in [0.2, 0.25) is 0 Å². The van der Waals surface area contributed by atoms with Crippen molar-refractivity contribution < 1.29 is 19.4 Å². The van der Waals surface area contributed by atoms with E-state index in [-0.39, 0.29) is 12.7 Å². The van der Waals surface area contributed by atoms with Gasteiger partial charge in [-0.05, 0) is 31.5 Å². The summed E-state index contributed by atoms with van der Waals surface area (Å²) in [7, 11) is 0. The maximum atomic E-state index is 10.7. The molecule has 1 saturated heterocycles. The van der Waals surface area contributed by atoms with E-state index >= 15 is 0 Å². The SMILES string of the molecule is C[C@H]1CN(Cc2cc(Cl)ccc2OCC(=O)O)CCCO1. The molecule has 2 rings (SSSR count). The fourth-order valence-corrected chi connectivity index (χ4v) is 2.61. The minimum Gasteiger partial charge on any atom is -0.482 e. The molecule has 1 atom stereocenters. The second-order valence-corrected chi connectivity index (χ2v) is 5.64. The molecule has 0 amide bonds. The zero-order chi connectivity index (χ0) is 15.2. The first-order valence-electron chi connectivity index (χ1n) is 7.01. The maximum Gasteiger partial charge on any atom is 0.341 e. The van der Waals surface area contributed by atoms with Gasteiger partial charge in [-0.25, -0.2) is 4.79 Å². The van der Waals surface area contributed by atoms with Crippen molar-refractivity contribution in [2.24, 2.45) is 0 Å². The standard InChI is InChI=1S/C15H20ClNO4/c1-11-8-17(5-2-6-20-11)9-12-7-13(16)3-4-14(12)21-10-15(18)19/h3-4,7,11H,2,5-6,8-10H2,1H3,(H,18,19)/t11-/m0/s1. The highest BCUT2D eigenvalue weighted by atomic mass is 35.5. The second kappa shape index (κ2) is 7.64. The highest BCUT2D eigenvalue weighted by molar-refractivity contribution is 6.30. The van der Waals surface area contributed by atoms with Crippen LogP contribution in [0.3, 0.4) is 0 Å². The number of nitrogens with zero attached hydrogens (tertiary/aromatic N) is 1. The highest BCUT2D eigenvalue weighted by Gasteiger charge is 2.17. The first-order valence-corrected chi connectivity index (χ1v) is 7.39. The van der Waals surface area contributed by atoms with E-state index in [0.29, 0.717) is 17.3 Å². The van der Waals surface area contributed by atoms with Crippen LogP contribution in [-0.4, -0.2) is 48.4 Å². The van der Waals surface area contributed by atoms with Gasteiger partial charge in [0, 0.05) is 36.8 Å². The van der Waals surface area contributed by atoms with E-state index in [4.69, 9.17) is 26.2 Å². The summed E-state index contributed by atoms with van der Waals surface area (Å²) >= 11 is 6.04. The Hall–Kier alpha value is -1.30. The Labute approximate surface area is 129 Å². The summed E-state index contributed by atoms with van der Waals surface area (Å²) in [4.78, 5) is 12.9. The summed E-state index contributed by atoms with van der Waals surface area (Å²) in [6.07, 6.45) is 1.17. The molecule has 1 heterocycles. The van der Waals surface area contributed by atoms with Crippen molar-refractivity contribution >= 4 is 17.6 Å². The Balaban J connectivity index is 2.09. The fraction of sp³-hybridized carbons (Fsp3) is 0.533. The van der Waals surface area contributed by atoms with Gasteiger partial charge in [0.1, 0.15) is 5.75 Å². The summed E-state index contributed by atoms with van der Waals surface area (Å²) in [5.41, 5.74) is 0.901. The van der Waals surface area contributed by atoms with Crippen LogP contribution in [-0.2, 0) is 16.1 Å².